The van der Waals surface area contributed by atoms with Crippen LogP contribution in [0.1, 0.15) is 37.0 Å². The maximum atomic E-state index is 12.5. The molecule has 28 heavy (non-hydrogen) atoms. The standard InChI is InChI=1S/C21H24N4O2S/c1-4-11-22-21(27)25-13-16-7-10-18(28-3)12-19(16)20(24-25)15-5-8-17(9-6-15)23-14(2)26/h5-10,12H,4,11,13H2,1-3H3,(H,22,27)(H,23,26). The van der Waals surface area contributed by atoms with E-state index in [1.807, 2.05) is 37.4 Å². The predicted molar refractivity (Wildman–Crippen MR) is 114 cm³/mol. The first-order valence-corrected chi connectivity index (χ1v) is 10.4. The van der Waals surface area contributed by atoms with Gasteiger partial charge >= 0.3 is 6.03 Å². The number of amides is 3. The lowest BCUT2D eigenvalue weighted by Crippen LogP contribution is -2.39. The third-order valence-corrected chi connectivity index (χ3v) is 5.08. The number of hydrazone groups is 1. The molecule has 1 heterocycles. The maximum absolute atomic E-state index is 12.5. The molecular weight excluding hydrogens is 372 g/mol. The first-order chi connectivity index (χ1) is 13.5. The monoisotopic (exact) mass is 396 g/mol. The van der Waals surface area contributed by atoms with Gasteiger partial charge in [0, 0.05) is 35.2 Å². The Morgan fingerprint density at radius 1 is 1.18 bits per heavy atom. The van der Waals surface area contributed by atoms with Gasteiger partial charge in [0.05, 0.1) is 12.3 Å². The molecular formula is C21H24N4O2S. The maximum Gasteiger partial charge on any atom is 0.338 e. The van der Waals surface area contributed by atoms with Gasteiger partial charge in [-0.15, -0.1) is 11.8 Å². The zero-order chi connectivity index (χ0) is 20.1. The van der Waals surface area contributed by atoms with Gasteiger partial charge in [0.1, 0.15) is 0 Å². The van der Waals surface area contributed by atoms with E-state index in [1.165, 1.54) is 11.9 Å². The number of fused-ring (bicyclic) bond motifs is 1. The second-order valence-corrected chi connectivity index (χ2v) is 7.40. The number of nitrogens with one attached hydrogen (secondary N) is 2. The average Bonchev–Trinajstić information content (AvgIpc) is 2.71. The molecule has 0 aromatic heterocycles. The first kappa shape index (κ1) is 19.9. The number of urea groups is 1. The van der Waals surface area contributed by atoms with E-state index in [9.17, 15) is 9.59 Å². The van der Waals surface area contributed by atoms with Gasteiger partial charge in [-0.2, -0.15) is 5.10 Å². The topological polar surface area (TPSA) is 73.8 Å². The van der Waals surface area contributed by atoms with E-state index in [0.29, 0.717) is 13.1 Å². The van der Waals surface area contributed by atoms with Gasteiger partial charge in [0.15, 0.2) is 0 Å². The van der Waals surface area contributed by atoms with Crippen LogP contribution >= 0.6 is 11.8 Å². The highest BCUT2D eigenvalue weighted by Crippen LogP contribution is 2.27. The Labute approximate surface area is 169 Å². The van der Waals surface area contributed by atoms with Crippen LogP contribution in [0.3, 0.4) is 0 Å². The van der Waals surface area contributed by atoms with Crippen molar-refractivity contribution in [3.8, 4) is 0 Å². The molecule has 3 amide bonds. The molecule has 2 N–H and O–H groups in total. The fourth-order valence-electron chi connectivity index (χ4n) is 2.98. The molecule has 7 heteroatoms. The Kier molecular flexibility index (Phi) is 6.36. The fourth-order valence-corrected chi connectivity index (χ4v) is 3.42. The molecule has 1 aliphatic rings. The van der Waals surface area contributed by atoms with Gasteiger partial charge in [0.25, 0.3) is 0 Å². The van der Waals surface area contributed by atoms with Crippen LogP contribution in [0.4, 0.5) is 10.5 Å². The van der Waals surface area contributed by atoms with E-state index in [0.717, 1.165) is 39.4 Å². The Morgan fingerprint density at radius 2 is 1.93 bits per heavy atom. The molecule has 0 radical (unpaired) electrons. The Balaban J connectivity index is 1.99. The Bertz CT molecular complexity index is 909. The summed E-state index contributed by atoms with van der Waals surface area (Å²) in [6.07, 6.45) is 2.91. The Morgan fingerprint density at radius 3 is 2.57 bits per heavy atom. The number of rotatable bonds is 5. The lowest BCUT2D eigenvalue weighted by Gasteiger charge is -2.26. The second kappa shape index (κ2) is 8.93. The molecule has 0 unspecified atom stereocenters. The van der Waals surface area contributed by atoms with Crippen molar-refractivity contribution in [2.75, 3.05) is 18.1 Å². The molecule has 6 nitrogen and oxygen atoms in total. The van der Waals surface area contributed by atoms with Crippen molar-refractivity contribution >= 4 is 35.1 Å². The average molecular weight is 397 g/mol. The quantitative estimate of drug-likeness (QED) is 0.749. The van der Waals surface area contributed by atoms with Crippen LogP contribution in [0.5, 0.6) is 0 Å². The molecule has 1 aliphatic heterocycles. The number of carbonyl (C=O) groups excluding carboxylic acids is 2. The molecule has 0 bridgehead atoms. The molecule has 0 saturated carbocycles. The highest BCUT2D eigenvalue weighted by molar-refractivity contribution is 7.98. The van der Waals surface area contributed by atoms with Gasteiger partial charge in [-0.25, -0.2) is 9.80 Å². The molecule has 0 saturated heterocycles. The van der Waals surface area contributed by atoms with Crippen molar-refractivity contribution in [1.29, 1.82) is 0 Å². The van der Waals surface area contributed by atoms with Crippen molar-refractivity contribution in [2.45, 2.75) is 31.7 Å². The summed E-state index contributed by atoms with van der Waals surface area (Å²) in [6, 6.07) is 13.5. The molecule has 3 rings (SSSR count). The number of nitrogens with zero attached hydrogens (tertiary/aromatic N) is 2. The van der Waals surface area contributed by atoms with E-state index < -0.39 is 0 Å². The second-order valence-electron chi connectivity index (χ2n) is 6.52. The first-order valence-electron chi connectivity index (χ1n) is 9.21. The van der Waals surface area contributed by atoms with E-state index >= 15 is 0 Å². The van der Waals surface area contributed by atoms with Gasteiger partial charge in [-0.1, -0.05) is 25.1 Å². The number of benzene rings is 2. The van der Waals surface area contributed by atoms with Crippen LogP contribution in [0.2, 0.25) is 0 Å². The minimum absolute atomic E-state index is 0.114. The molecule has 146 valence electrons. The normalized spacial score (nSPS) is 12.8. The van der Waals surface area contributed by atoms with Crippen LogP contribution in [-0.2, 0) is 11.3 Å². The van der Waals surface area contributed by atoms with Crippen molar-refractivity contribution in [1.82, 2.24) is 10.3 Å². The molecule has 0 spiro atoms. The smallest absolute Gasteiger partial charge is 0.336 e. The highest BCUT2D eigenvalue weighted by Gasteiger charge is 2.24. The largest absolute Gasteiger partial charge is 0.338 e. The van der Waals surface area contributed by atoms with Crippen molar-refractivity contribution in [2.24, 2.45) is 5.10 Å². The summed E-state index contributed by atoms with van der Waals surface area (Å²) in [5, 5.41) is 11.8. The SMILES string of the molecule is CCCNC(=O)N1Cc2ccc(SC)cc2C(c2ccc(NC(C)=O)cc2)=N1. The predicted octanol–water partition coefficient (Wildman–Crippen LogP) is 4.05. The number of anilines is 1. The van der Waals surface area contributed by atoms with Crippen LogP contribution < -0.4 is 10.6 Å². The molecule has 0 aliphatic carbocycles. The minimum atomic E-state index is -0.200. The Hall–Kier alpha value is -2.80. The molecule has 0 fully saturated rings. The zero-order valence-electron chi connectivity index (χ0n) is 16.3. The van der Waals surface area contributed by atoms with Gasteiger partial charge in [0.2, 0.25) is 5.91 Å². The summed E-state index contributed by atoms with van der Waals surface area (Å²) in [5.74, 6) is -0.114. The van der Waals surface area contributed by atoms with Crippen LogP contribution in [-0.4, -0.2) is 35.5 Å². The zero-order valence-corrected chi connectivity index (χ0v) is 17.1. The van der Waals surface area contributed by atoms with E-state index in [1.54, 1.807) is 11.8 Å². The molecule has 2 aromatic rings. The lowest BCUT2D eigenvalue weighted by atomic mass is 9.96. The lowest BCUT2D eigenvalue weighted by molar-refractivity contribution is -0.114. The number of hydrogen-bond donors (Lipinski definition) is 2. The third-order valence-electron chi connectivity index (χ3n) is 4.35. The van der Waals surface area contributed by atoms with Crippen LogP contribution in [0, 0.1) is 0 Å². The van der Waals surface area contributed by atoms with Crippen molar-refractivity contribution < 1.29 is 9.59 Å². The van der Waals surface area contributed by atoms with Crippen molar-refractivity contribution in [3.05, 3.63) is 59.2 Å². The van der Waals surface area contributed by atoms with E-state index in [-0.39, 0.29) is 11.9 Å². The van der Waals surface area contributed by atoms with Gasteiger partial charge < -0.3 is 10.6 Å². The number of hydrogen-bond acceptors (Lipinski definition) is 4. The van der Waals surface area contributed by atoms with Crippen molar-refractivity contribution in [3.63, 3.8) is 0 Å². The molecule has 2 aromatic carbocycles. The van der Waals surface area contributed by atoms with E-state index in [4.69, 9.17) is 0 Å². The van der Waals surface area contributed by atoms with Crippen LogP contribution in [0.25, 0.3) is 0 Å². The number of thioether (sulfide) groups is 1. The summed E-state index contributed by atoms with van der Waals surface area (Å²) in [7, 11) is 0. The summed E-state index contributed by atoms with van der Waals surface area (Å²) < 4.78 is 0. The summed E-state index contributed by atoms with van der Waals surface area (Å²) >= 11 is 1.67. The fraction of sp³-hybridized carbons (Fsp3) is 0.286. The summed E-state index contributed by atoms with van der Waals surface area (Å²) in [6.45, 7) is 4.55. The number of carbonyl (C=O) groups is 2. The van der Waals surface area contributed by atoms with Gasteiger partial charge in [-0.3, -0.25) is 4.79 Å². The minimum Gasteiger partial charge on any atom is -0.336 e. The molecule has 0 atom stereocenters. The van der Waals surface area contributed by atoms with Gasteiger partial charge in [-0.05, 0) is 42.5 Å². The summed E-state index contributed by atoms with van der Waals surface area (Å²) in [5.41, 5.74) is 4.45. The van der Waals surface area contributed by atoms with Crippen LogP contribution in [0.15, 0.2) is 52.5 Å². The third kappa shape index (κ3) is 4.54. The highest BCUT2D eigenvalue weighted by atomic mass is 32.2. The van der Waals surface area contributed by atoms with E-state index in [2.05, 4.69) is 33.9 Å². The summed E-state index contributed by atoms with van der Waals surface area (Å²) in [4.78, 5) is 24.9.